The Hall–Kier alpha value is -4.14. The molecule has 0 saturated carbocycles. The van der Waals surface area contributed by atoms with Crippen molar-refractivity contribution in [2.45, 2.75) is 18.0 Å². The molecule has 8 heteroatoms. The molecule has 0 spiro atoms. The Morgan fingerprint density at radius 3 is 2.16 bits per heavy atom. The fraction of sp³-hybridized carbons (Fsp3) is 0.138. The molecule has 0 atom stereocenters. The van der Waals surface area contributed by atoms with Crippen molar-refractivity contribution in [1.82, 2.24) is 4.31 Å². The summed E-state index contributed by atoms with van der Waals surface area (Å²) >= 11 is 0. The van der Waals surface area contributed by atoms with Crippen molar-refractivity contribution in [1.29, 1.82) is 0 Å². The van der Waals surface area contributed by atoms with Crippen LogP contribution in [-0.2, 0) is 23.2 Å². The van der Waals surface area contributed by atoms with Gasteiger partial charge < -0.3 is 14.8 Å². The van der Waals surface area contributed by atoms with Gasteiger partial charge in [-0.3, -0.25) is 4.79 Å². The van der Waals surface area contributed by atoms with Crippen LogP contribution in [0.1, 0.15) is 21.5 Å². The summed E-state index contributed by atoms with van der Waals surface area (Å²) in [5, 5.41) is 2.87. The first-order valence-corrected chi connectivity index (χ1v) is 13.1. The summed E-state index contributed by atoms with van der Waals surface area (Å²) in [5.41, 5.74) is 2.63. The molecule has 7 nitrogen and oxygen atoms in total. The first-order chi connectivity index (χ1) is 17.9. The van der Waals surface area contributed by atoms with E-state index in [1.54, 1.807) is 72.8 Å². The predicted molar refractivity (Wildman–Crippen MR) is 143 cm³/mol. The van der Waals surface area contributed by atoms with Crippen LogP contribution in [0.2, 0.25) is 0 Å². The zero-order chi connectivity index (χ0) is 26.3. The van der Waals surface area contributed by atoms with Gasteiger partial charge in [0.2, 0.25) is 10.0 Å². The molecule has 190 valence electrons. The summed E-state index contributed by atoms with van der Waals surface area (Å²) in [5.74, 6) is 0.859. The standard InChI is InChI=1S/C29H28N2O5S/c1-31(37(33,34)27-11-7-4-8-12-27)20-24-19-23(13-18-28(24)35-2)29(32)30-25-14-16-26(17-15-25)36-21-22-9-5-3-6-10-22/h3-19H,20-21H2,1-2H3,(H,30,32). The summed E-state index contributed by atoms with van der Waals surface area (Å²) < 4.78 is 38.3. The van der Waals surface area contributed by atoms with Crippen LogP contribution in [0.25, 0.3) is 0 Å². The number of benzene rings is 4. The second-order valence-corrected chi connectivity index (χ2v) is 10.4. The van der Waals surface area contributed by atoms with Gasteiger partial charge in [0.15, 0.2) is 0 Å². The maximum Gasteiger partial charge on any atom is 0.255 e. The lowest BCUT2D eigenvalue weighted by atomic mass is 10.1. The molecular weight excluding hydrogens is 488 g/mol. The molecular formula is C29H28N2O5S. The van der Waals surface area contributed by atoms with Crippen LogP contribution in [0.3, 0.4) is 0 Å². The Labute approximate surface area is 217 Å². The molecule has 0 fully saturated rings. The zero-order valence-corrected chi connectivity index (χ0v) is 21.4. The van der Waals surface area contributed by atoms with E-state index in [0.717, 1.165) is 5.56 Å². The minimum atomic E-state index is -3.71. The van der Waals surface area contributed by atoms with Crippen molar-refractivity contribution in [2.24, 2.45) is 0 Å². The van der Waals surface area contributed by atoms with Crippen molar-refractivity contribution in [3.63, 3.8) is 0 Å². The van der Waals surface area contributed by atoms with Gasteiger partial charge in [0, 0.05) is 30.4 Å². The zero-order valence-electron chi connectivity index (χ0n) is 20.6. The van der Waals surface area contributed by atoms with E-state index in [1.165, 1.54) is 18.5 Å². The van der Waals surface area contributed by atoms with Gasteiger partial charge in [-0.1, -0.05) is 48.5 Å². The van der Waals surface area contributed by atoms with Crippen LogP contribution < -0.4 is 14.8 Å². The number of ether oxygens (including phenoxy) is 2. The number of hydrogen-bond acceptors (Lipinski definition) is 5. The summed E-state index contributed by atoms with van der Waals surface area (Å²) in [7, 11) is -0.704. The molecule has 0 radical (unpaired) electrons. The third kappa shape index (κ3) is 6.55. The van der Waals surface area contributed by atoms with E-state index in [0.29, 0.717) is 34.9 Å². The van der Waals surface area contributed by atoms with Gasteiger partial charge in [-0.05, 0) is 60.2 Å². The highest BCUT2D eigenvalue weighted by atomic mass is 32.2. The van der Waals surface area contributed by atoms with E-state index in [-0.39, 0.29) is 17.3 Å². The number of nitrogens with one attached hydrogen (secondary N) is 1. The highest BCUT2D eigenvalue weighted by Crippen LogP contribution is 2.25. The van der Waals surface area contributed by atoms with Gasteiger partial charge in [0.25, 0.3) is 5.91 Å². The minimum absolute atomic E-state index is 0.0367. The number of rotatable bonds is 10. The third-order valence-electron chi connectivity index (χ3n) is 5.75. The second kappa shape index (κ2) is 11.7. The summed E-state index contributed by atoms with van der Waals surface area (Å²) in [4.78, 5) is 13.1. The third-order valence-corrected chi connectivity index (χ3v) is 7.57. The topological polar surface area (TPSA) is 84.9 Å². The Kier molecular flexibility index (Phi) is 8.22. The summed E-state index contributed by atoms with van der Waals surface area (Å²) in [6, 6.07) is 30.1. The number of carbonyl (C=O) groups excluding carboxylic acids is 1. The lowest BCUT2D eigenvalue weighted by Gasteiger charge is -2.19. The fourth-order valence-electron chi connectivity index (χ4n) is 3.72. The monoisotopic (exact) mass is 516 g/mol. The van der Waals surface area contributed by atoms with Crippen LogP contribution in [-0.4, -0.2) is 32.8 Å². The van der Waals surface area contributed by atoms with Crippen molar-refractivity contribution >= 4 is 21.6 Å². The smallest absolute Gasteiger partial charge is 0.255 e. The van der Waals surface area contributed by atoms with Crippen molar-refractivity contribution in [2.75, 3.05) is 19.5 Å². The fourth-order valence-corrected chi connectivity index (χ4v) is 4.89. The van der Waals surface area contributed by atoms with Gasteiger partial charge in [-0.25, -0.2) is 8.42 Å². The van der Waals surface area contributed by atoms with E-state index >= 15 is 0 Å². The molecule has 4 rings (SSSR count). The van der Waals surface area contributed by atoms with E-state index in [9.17, 15) is 13.2 Å². The lowest BCUT2D eigenvalue weighted by Crippen LogP contribution is -2.27. The molecule has 37 heavy (non-hydrogen) atoms. The Bertz CT molecular complexity index is 1440. The average Bonchev–Trinajstić information content (AvgIpc) is 2.93. The molecule has 0 heterocycles. The SMILES string of the molecule is COc1ccc(C(=O)Nc2ccc(OCc3ccccc3)cc2)cc1CN(C)S(=O)(=O)c1ccccc1. The summed E-state index contributed by atoms with van der Waals surface area (Å²) in [6.07, 6.45) is 0. The number of sulfonamides is 1. The van der Waals surface area contributed by atoms with Crippen LogP contribution in [0.5, 0.6) is 11.5 Å². The highest BCUT2D eigenvalue weighted by Gasteiger charge is 2.22. The number of carbonyl (C=O) groups is 1. The number of amides is 1. The summed E-state index contributed by atoms with van der Waals surface area (Å²) in [6.45, 7) is 0.491. The van der Waals surface area contributed by atoms with Gasteiger partial charge in [0.1, 0.15) is 18.1 Å². The maximum absolute atomic E-state index is 13.0. The van der Waals surface area contributed by atoms with Gasteiger partial charge in [-0.2, -0.15) is 4.31 Å². The molecule has 0 unspecified atom stereocenters. The van der Waals surface area contributed by atoms with Crippen molar-refractivity contribution in [3.8, 4) is 11.5 Å². The Morgan fingerprint density at radius 2 is 1.51 bits per heavy atom. The van der Waals surface area contributed by atoms with Gasteiger partial charge in [0.05, 0.1) is 12.0 Å². The first-order valence-electron chi connectivity index (χ1n) is 11.6. The van der Waals surface area contributed by atoms with Gasteiger partial charge in [-0.15, -0.1) is 0 Å². The van der Waals surface area contributed by atoms with Crippen LogP contribution >= 0.6 is 0 Å². The highest BCUT2D eigenvalue weighted by molar-refractivity contribution is 7.89. The second-order valence-electron chi connectivity index (χ2n) is 8.35. The molecule has 0 bridgehead atoms. The van der Waals surface area contributed by atoms with E-state index in [2.05, 4.69) is 5.32 Å². The Balaban J connectivity index is 1.43. The predicted octanol–water partition coefficient (Wildman–Crippen LogP) is 5.35. The molecule has 0 aliphatic heterocycles. The molecule has 4 aromatic rings. The molecule has 1 N–H and O–H groups in total. The van der Waals surface area contributed by atoms with Crippen molar-refractivity contribution in [3.05, 3.63) is 120 Å². The van der Waals surface area contributed by atoms with E-state index in [1.807, 2.05) is 30.3 Å². The minimum Gasteiger partial charge on any atom is -0.496 e. The van der Waals surface area contributed by atoms with Crippen LogP contribution in [0, 0.1) is 0 Å². The normalized spacial score (nSPS) is 11.2. The molecule has 4 aromatic carbocycles. The van der Waals surface area contributed by atoms with Crippen LogP contribution in [0.4, 0.5) is 5.69 Å². The van der Waals surface area contributed by atoms with Gasteiger partial charge >= 0.3 is 0 Å². The molecule has 0 aromatic heterocycles. The number of anilines is 1. The largest absolute Gasteiger partial charge is 0.496 e. The number of nitrogens with zero attached hydrogens (tertiary/aromatic N) is 1. The van der Waals surface area contributed by atoms with Crippen molar-refractivity contribution < 1.29 is 22.7 Å². The number of methoxy groups -OCH3 is 1. The average molecular weight is 517 g/mol. The van der Waals surface area contributed by atoms with E-state index in [4.69, 9.17) is 9.47 Å². The molecule has 0 saturated heterocycles. The molecule has 0 aliphatic carbocycles. The quantitative estimate of drug-likeness (QED) is 0.307. The van der Waals surface area contributed by atoms with Crippen LogP contribution in [0.15, 0.2) is 108 Å². The maximum atomic E-state index is 13.0. The molecule has 0 aliphatic rings. The first kappa shape index (κ1) is 25.9. The Morgan fingerprint density at radius 1 is 0.865 bits per heavy atom. The molecule has 1 amide bonds. The number of hydrogen-bond donors (Lipinski definition) is 1. The lowest BCUT2D eigenvalue weighted by molar-refractivity contribution is 0.102. The van der Waals surface area contributed by atoms with E-state index < -0.39 is 10.0 Å².